The Balaban J connectivity index is 2.96. The minimum Gasteiger partial charge on any atom is -0.480 e. The molecule has 1 amide bonds. The minimum absolute atomic E-state index is 0.278. The average Bonchev–Trinajstić information content (AvgIpc) is 2.66. The van der Waals surface area contributed by atoms with E-state index in [1.165, 1.54) is 4.90 Å². The van der Waals surface area contributed by atoms with Crippen LogP contribution in [0.1, 0.15) is 29.9 Å². The first kappa shape index (κ1) is 13.2. The maximum atomic E-state index is 12.1. The van der Waals surface area contributed by atoms with E-state index in [0.29, 0.717) is 24.2 Å². The van der Waals surface area contributed by atoms with Gasteiger partial charge in [-0.05, 0) is 13.3 Å². The van der Waals surface area contributed by atoms with Crippen LogP contribution >= 0.6 is 0 Å². The minimum atomic E-state index is -1.01. The van der Waals surface area contributed by atoms with Crippen molar-refractivity contribution in [2.45, 2.75) is 20.3 Å². The molecule has 94 valence electrons. The van der Waals surface area contributed by atoms with Gasteiger partial charge in [-0.1, -0.05) is 6.92 Å². The van der Waals surface area contributed by atoms with Crippen LogP contribution < -0.4 is 0 Å². The highest BCUT2D eigenvalue weighted by Gasteiger charge is 2.21. The number of aromatic nitrogens is 2. The van der Waals surface area contributed by atoms with Gasteiger partial charge in [-0.3, -0.25) is 14.3 Å². The van der Waals surface area contributed by atoms with Crippen molar-refractivity contribution in [1.29, 1.82) is 0 Å². The molecule has 0 aliphatic rings. The Hall–Kier alpha value is -1.85. The van der Waals surface area contributed by atoms with Crippen LogP contribution in [0, 0.1) is 0 Å². The molecule has 0 atom stereocenters. The van der Waals surface area contributed by atoms with E-state index in [1.807, 2.05) is 6.92 Å². The number of hydrogen-bond donors (Lipinski definition) is 1. The van der Waals surface area contributed by atoms with Crippen LogP contribution in [0.3, 0.4) is 0 Å². The number of carboxylic acid groups (broad SMARTS) is 1. The Kier molecular flexibility index (Phi) is 4.25. The molecule has 0 aliphatic carbocycles. The summed E-state index contributed by atoms with van der Waals surface area (Å²) in [7, 11) is 1.74. The predicted octanol–water partition coefficient (Wildman–Crippen LogP) is 0.529. The molecule has 0 spiro atoms. The first-order chi connectivity index (χ1) is 7.99. The van der Waals surface area contributed by atoms with E-state index in [2.05, 4.69) is 5.10 Å². The molecule has 1 heterocycles. The first-order valence-corrected chi connectivity index (χ1v) is 5.53. The fourth-order valence-corrected chi connectivity index (χ4v) is 1.64. The first-order valence-electron chi connectivity index (χ1n) is 5.53. The van der Waals surface area contributed by atoms with Crippen LogP contribution in [0.15, 0.2) is 6.20 Å². The Bertz CT molecular complexity index is 426. The summed E-state index contributed by atoms with van der Waals surface area (Å²) in [5.74, 6) is -1.29. The summed E-state index contributed by atoms with van der Waals surface area (Å²) in [6, 6.07) is 0. The van der Waals surface area contributed by atoms with E-state index >= 15 is 0 Å². The molecule has 1 aromatic rings. The number of likely N-dealkylation sites (N-methyl/N-ethyl adjacent to an activating group) is 1. The Morgan fingerprint density at radius 1 is 1.47 bits per heavy atom. The normalized spacial score (nSPS) is 10.3. The number of carboxylic acids is 1. The van der Waals surface area contributed by atoms with Crippen LogP contribution in [-0.4, -0.2) is 44.8 Å². The van der Waals surface area contributed by atoms with Crippen molar-refractivity contribution in [3.8, 4) is 0 Å². The molecule has 17 heavy (non-hydrogen) atoms. The lowest BCUT2D eigenvalue weighted by Crippen LogP contribution is -2.35. The second-order valence-corrected chi connectivity index (χ2v) is 3.73. The monoisotopic (exact) mass is 239 g/mol. The van der Waals surface area contributed by atoms with Gasteiger partial charge in [0.05, 0.1) is 11.3 Å². The molecular weight excluding hydrogens is 222 g/mol. The smallest absolute Gasteiger partial charge is 0.323 e. The van der Waals surface area contributed by atoms with Crippen molar-refractivity contribution in [2.75, 3.05) is 13.1 Å². The molecule has 0 saturated carbocycles. The highest BCUT2D eigenvalue weighted by Crippen LogP contribution is 2.10. The van der Waals surface area contributed by atoms with Gasteiger partial charge in [0.2, 0.25) is 0 Å². The second kappa shape index (κ2) is 5.47. The van der Waals surface area contributed by atoms with Gasteiger partial charge >= 0.3 is 5.97 Å². The lowest BCUT2D eigenvalue weighted by atomic mass is 10.2. The molecular formula is C11H17N3O3. The lowest BCUT2D eigenvalue weighted by Gasteiger charge is -2.18. The molecule has 6 heteroatoms. The maximum absolute atomic E-state index is 12.1. The van der Waals surface area contributed by atoms with Crippen molar-refractivity contribution in [3.63, 3.8) is 0 Å². The van der Waals surface area contributed by atoms with Gasteiger partial charge in [-0.2, -0.15) is 5.10 Å². The van der Waals surface area contributed by atoms with Crippen LogP contribution in [-0.2, 0) is 18.3 Å². The number of hydrogen-bond acceptors (Lipinski definition) is 3. The largest absolute Gasteiger partial charge is 0.480 e. The molecule has 0 saturated heterocycles. The third kappa shape index (κ3) is 3.05. The fourth-order valence-electron chi connectivity index (χ4n) is 1.64. The summed E-state index contributed by atoms with van der Waals surface area (Å²) >= 11 is 0. The summed E-state index contributed by atoms with van der Waals surface area (Å²) in [5, 5.41) is 12.9. The van der Waals surface area contributed by atoms with Gasteiger partial charge in [-0.25, -0.2) is 0 Å². The highest BCUT2D eigenvalue weighted by molar-refractivity contribution is 5.96. The van der Waals surface area contributed by atoms with Crippen molar-refractivity contribution < 1.29 is 14.7 Å². The number of amides is 1. The number of carbonyl (C=O) groups is 2. The van der Waals surface area contributed by atoms with Crippen molar-refractivity contribution >= 4 is 11.9 Å². The number of nitrogens with zero attached hydrogens (tertiary/aromatic N) is 3. The van der Waals surface area contributed by atoms with Gasteiger partial charge in [0.1, 0.15) is 6.54 Å². The summed E-state index contributed by atoms with van der Waals surface area (Å²) in [4.78, 5) is 24.1. The zero-order valence-corrected chi connectivity index (χ0v) is 10.3. The van der Waals surface area contributed by atoms with Gasteiger partial charge in [0, 0.05) is 19.8 Å². The molecule has 1 rings (SSSR count). The van der Waals surface area contributed by atoms with E-state index in [1.54, 1.807) is 24.9 Å². The van der Waals surface area contributed by atoms with Crippen LogP contribution in [0.5, 0.6) is 0 Å². The molecule has 1 N–H and O–H groups in total. The summed E-state index contributed by atoms with van der Waals surface area (Å²) < 4.78 is 1.57. The quantitative estimate of drug-likeness (QED) is 0.813. The highest BCUT2D eigenvalue weighted by atomic mass is 16.4. The van der Waals surface area contributed by atoms with Crippen molar-refractivity contribution in [3.05, 3.63) is 17.5 Å². The zero-order chi connectivity index (χ0) is 13.0. The van der Waals surface area contributed by atoms with Crippen molar-refractivity contribution in [1.82, 2.24) is 14.7 Å². The topological polar surface area (TPSA) is 75.4 Å². The molecule has 0 unspecified atom stereocenters. The van der Waals surface area contributed by atoms with E-state index in [4.69, 9.17) is 5.11 Å². The van der Waals surface area contributed by atoms with Gasteiger partial charge in [0.15, 0.2) is 0 Å². The SMILES string of the molecule is CCc1nn(C)cc1C(=O)N(CC)CC(=O)O. The Labute approximate surface area is 99.8 Å². The van der Waals surface area contributed by atoms with Crippen LogP contribution in [0.25, 0.3) is 0 Å². The average molecular weight is 239 g/mol. The summed E-state index contributed by atoms with van der Waals surface area (Å²) in [5.41, 5.74) is 1.18. The fraction of sp³-hybridized carbons (Fsp3) is 0.545. The van der Waals surface area contributed by atoms with Gasteiger partial charge in [0.25, 0.3) is 5.91 Å². The van der Waals surface area contributed by atoms with Gasteiger partial charge in [-0.15, -0.1) is 0 Å². The number of carbonyl (C=O) groups excluding carboxylic acids is 1. The van der Waals surface area contributed by atoms with E-state index in [0.717, 1.165) is 0 Å². The third-order valence-electron chi connectivity index (χ3n) is 2.47. The molecule has 6 nitrogen and oxygen atoms in total. The predicted molar refractivity (Wildman–Crippen MR) is 61.8 cm³/mol. The van der Waals surface area contributed by atoms with Crippen LogP contribution in [0.4, 0.5) is 0 Å². The lowest BCUT2D eigenvalue weighted by molar-refractivity contribution is -0.137. The molecule has 0 bridgehead atoms. The molecule has 0 aromatic carbocycles. The molecule has 1 aromatic heterocycles. The Morgan fingerprint density at radius 2 is 2.12 bits per heavy atom. The van der Waals surface area contributed by atoms with E-state index < -0.39 is 5.97 Å². The van der Waals surface area contributed by atoms with Crippen LogP contribution in [0.2, 0.25) is 0 Å². The summed E-state index contributed by atoms with van der Waals surface area (Å²) in [6.45, 7) is 3.74. The van der Waals surface area contributed by atoms with E-state index in [9.17, 15) is 9.59 Å². The maximum Gasteiger partial charge on any atom is 0.323 e. The molecule has 0 fully saturated rings. The molecule has 0 aliphatic heterocycles. The third-order valence-corrected chi connectivity index (χ3v) is 2.47. The van der Waals surface area contributed by atoms with E-state index in [-0.39, 0.29) is 12.5 Å². The summed E-state index contributed by atoms with van der Waals surface area (Å²) in [6.07, 6.45) is 2.28. The standard InChI is InChI=1S/C11H17N3O3/c1-4-9-8(6-13(3)12-9)11(17)14(5-2)7-10(15)16/h6H,4-5,7H2,1-3H3,(H,15,16). The molecule has 0 radical (unpaired) electrons. The number of aliphatic carboxylic acids is 1. The second-order valence-electron chi connectivity index (χ2n) is 3.73. The Morgan fingerprint density at radius 3 is 2.59 bits per heavy atom. The van der Waals surface area contributed by atoms with Crippen molar-refractivity contribution in [2.24, 2.45) is 7.05 Å². The number of rotatable bonds is 5. The number of aryl methyl sites for hydroxylation is 2. The van der Waals surface area contributed by atoms with Gasteiger partial charge < -0.3 is 10.0 Å². The zero-order valence-electron chi connectivity index (χ0n) is 10.3.